The molecular formula is C18H18N2O. The number of benzene rings is 2. The molecule has 0 aromatic heterocycles. The summed E-state index contributed by atoms with van der Waals surface area (Å²) in [6, 6.07) is 16.4. The summed E-state index contributed by atoms with van der Waals surface area (Å²) < 4.78 is 5.34. The van der Waals surface area contributed by atoms with Crippen LogP contribution in [0.3, 0.4) is 0 Å². The van der Waals surface area contributed by atoms with Gasteiger partial charge in [-0.1, -0.05) is 12.1 Å². The van der Waals surface area contributed by atoms with Crippen molar-refractivity contribution in [1.82, 2.24) is 0 Å². The average Bonchev–Trinajstić information content (AvgIpc) is 2.55. The van der Waals surface area contributed by atoms with Gasteiger partial charge >= 0.3 is 0 Å². The third-order valence-electron chi connectivity index (χ3n) is 4.00. The van der Waals surface area contributed by atoms with Gasteiger partial charge < -0.3 is 10.1 Å². The summed E-state index contributed by atoms with van der Waals surface area (Å²) in [5.74, 6) is 0.897. The maximum atomic E-state index is 9.00. The Labute approximate surface area is 125 Å². The summed E-state index contributed by atoms with van der Waals surface area (Å²) in [7, 11) is 1.70. The molecule has 3 rings (SSSR count). The first-order valence-corrected chi connectivity index (χ1v) is 7.23. The highest BCUT2D eigenvalue weighted by molar-refractivity contribution is 5.52. The highest BCUT2D eigenvalue weighted by Gasteiger charge is 2.20. The second kappa shape index (κ2) is 5.88. The number of aryl methyl sites for hydroxylation is 1. The van der Waals surface area contributed by atoms with E-state index < -0.39 is 0 Å². The number of ether oxygens (including phenoxy) is 1. The molecule has 2 aromatic carbocycles. The van der Waals surface area contributed by atoms with Gasteiger partial charge in [-0.05, 0) is 60.7 Å². The van der Waals surface area contributed by atoms with Crippen LogP contribution in [0.5, 0.6) is 5.75 Å². The summed E-state index contributed by atoms with van der Waals surface area (Å²) in [5.41, 5.74) is 4.37. The predicted octanol–water partition coefficient (Wildman–Crippen LogP) is 4.06. The Morgan fingerprint density at radius 3 is 2.95 bits per heavy atom. The molecular weight excluding hydrogens is 260 g/mol. The minimum Gasteiger partial charge on any atom is -0.497 e. The fourth-order valence-corrected chi connectivity index (χ4v) is 2.93. The first-order valence-electron chi connectivity index (χ1n) is 7.23. The van der Waals surface area contributed by atoms with Crippen LogP contribution in [0.15, 0.2) is 42.5 Å². The van der Waals surface area contributed by atoms with Crippen LogP contribution in [0.25, 0.3) is 0 Å². The first kappa shape index (κ1) is 13.5. The molecule has 1 aliphatic carbocycles. The standard InChI is InChI=1S/C18H18N2O/c1-21-16-9-8-14-5-3-7-18(17(14)11-16)20-15-6-2-4-13(10-15)12-19/h2,4,6,8-11,18,20H,3,5,7H2,1H3. The summed E-state index contributed by atoms with van der Waals surface area (Å²) in [5, 5.41) is 12.6. The Kier molecular flexibility index (Phi) is 3.79. The third-order valence-corrected chi connectivity index (χ3v) is 4.00. The molecule has 0 spiro atoms. The minimum atomic E-state index is 0.276. The van der Waals surface area contributed by atoms with E-state index in [0.717, 1.165) is 24.3 Å². The van der Waals surface area contributed by atoms with E-state index in [9.17, 15) is 0 Å². The van der Waals surface area contributed by atoms with Crippen molar-refractivity contribution in [3.63, 3.8) is 0 Å². The van der Waals surface area contributed by atoms with Crippen molar-refractivity contribution in [2.75, 3.05) is 12.4 Å². The molecule has 3 heteroatoms. The summed E-state index contributed by atoms with van der Waals surface area (Å²) in [4.78, 5) is 0. The maximum absolute atomic E-state index is 9.00. The van der Waals surface area contributed by atoms with Gasteiger partial charge in [0.25, 0.3) is 0 Å². The monoisotopic (exact) mass is 278 g/mol. The molecule has 0 fully saturated rings. The Balaban J connectivity index is 1.89. The molecule has 0 heterocycles. The van der Waals surface area contributed by atoms with Crippen LogP contribution in [0.4, 0.5) is 5.69 Å². The van der Waals surface area contributed by atoms with Crippen LogP contribution in [-0.4, -0.2) is 7.11 Å². The molecule has 106 valence electrons. The van der Waals surface area contributed by atoms with Gasteiger partial charge in [0.2, 0.25) is 0 Å². The quantitative estimate of drug-likeness (QED) is 0.921. The third kappa shape index (κ3) is 2.85. The zero-order valence-corrected chi connectivity index (χ0v) is 12.1. The molecule has 21 heavy (non-hydrogen) atoms. The van der Waals surface area contributed by atoms with Crippen molar-refractivity contribution in [3.8, 4) is 11.8 Å². The van der Waals surface area contributed by atoms with E-state index in [1.54, 1.807) is 7.11 Å². The molecule has 1 aliphatic rings. The summed E-state index contributed by atoms with van der Waals surface area (Å²) in [6.07, 6.45) is 3.39. The Morgan fingerprint density at radius 1 is 1.24 bits per heavy atom. The second-order valence-corrected chi connectivity index (χ2v) is 5.35. The molecule has 0 saturated heterocycles. The van der Waals surface area contributed by atoms with Crippen LogP contribution in [0.1, 0.15) is 35.6 Å². The Morgan fingerprint density at radius 2 is 2.14 bits per heavy atom. The molecule has 2 aromatic rings. The molecule has 0 aliphatic heterocycles. The van der Waals surface area contributed by atoms with Gasteiger partial charge in [0.1, 0.15) is 5.75 Å². The van der Waals surface area contributed by atoms with E-state index in [1.165, 1.54) is 17.5 Å². The summed E-state index contributed by atoms with van der Waals surface area (Å²) >= 11 is 0. The van der Waals surface area contributed by atoms with Crippen LogP contribution >= 0.6 is 0 Å². The van der Waals surface area contributed by atoms with Gasteiger partial charge in [0.05, 0.1) is 24.8 Å². The highest BCUT2D eigenvalue weighted by atomic mass is 16.5. The van der Waals surface area contributed by atoms with E-state index in [-0.39, 0.29) is 6.04 Å². The molecule has 0 radical (unpaired) electrons. The van der Waals surface area contributed by atoms with E-state index >= 15 is 0 Å². The molecule has 0 saturated carbocycles. The molecule has 3 nitrogen and oxygen atoms in total. The lowest BCUT2D eigenvalue weighted by Gasteiger charge is -2.27. The summed E-state index contributed by atoms with van der Waals surface area (Å²) in [6.45, 7) is 0. The molecule has 0 bridgehead atoms. The van der Waals surface area contributed by atoms with Crippen molar-refractivity contribution in [1.29, 1.82) is 5.26 Å². The normalized spacial score (nSPS) is 16.7. The average molecular weight is 278 g/mol. The second-order valence-electron chi connectivity index (χ2n) is 5.35. The van der Waals surface area contributed by atoms with Crippen molar-refractivity contribution < 1.29 is 4.74 Å². The molecule has 1 unspecified atom stereocenters. The number of hydrogen-bond acceptors (Lipinski definition) is 3. The number of nitrogens with zero attached hydrogens (tertiary/aromatic N) is 1. The van der Waals surface area contributed by atoms with Crippen LogP contribution in [-0.2, 0) is 6.42 Å². The van der Waals surface area contributed by atoms with E-state index in [2.05, 4.69) is 23.5 Å². The van der Waals surface area contributed by atoms with Crippen LogP contribution in [0.2, 0.25) is 0 Å². The largest absolute Gasteiger partial charge is 0.497 e. The minimum absolute atomic E-state index is 0.276. The Hall–Kier alpha value is -2.47. The van der Waals surface area contributed by atoms with Gasteiger partial charge in [0.15, 0.2) is 0 Å². The number of nitriles is 1. The number of methoxy groups -OCH3 is 1. The fourth-order valence-electron chi connectivity index (χ4n) is 2.93. The predicted molar refractivity (Wildman–Crippen MR) is 83.5 cm³/mol. The molecule has 1 N–H and O–H groups in total. The van der Waals surface area contributed by atoms with Gasteiger partial charge in [-0.3, -0.25) is 0 Å². The van der Waals surface area contributed by atoms with E-state index in [0.29, 0.717) is 5.56 Å². The first-order chi connectivity index (χ1) is 10.3. The number of rotatable bonds is 3. The smallest absolute Gasteiger partial charge is 0.119 e. The lowest BCUT2D eigenvalue weighted by atomic mass is 9.87. The lowest BCUT2D eigenvalue weighted by molar-refractivity contribution is 0.413. The number of fused-ring (bicyclic) bond motifs is 1. The molecule has 1 atom stereocenters. The van der Waals surface area contributed by atoms with Crippen molar-refractivity contribution in [2.24, 2.45) is 0 Å². The van der Waals surface area contributed by atoms with Crippen molar-refractivity contribution >= 4 is 5.69 Å². The highest BCUT2D eigenvalue weighted by Crippen LogP contribution is 2.34. The van der Waals surface area contributed by atoms with Crippen molar-refractivity contribution in [2.45, 2.75) is 25.3 Å². The van der Waals surface area contributed by atoms with Crippen LogP contribution in [0, 0.1) is 11.3 Å². The van der Waals surface area contributed by atoms with Gasteiger partial charge in [-0.2, -0.15) is 5.26 Å². The zero-order valence-electron chi connectivity index (χ0n) is 12.1. The van der Waals surface area contributed by atoms with E-state index in [4.69, 9.17) is 10.00 Å². The lowest BCUT2D eigenvalue weighted by Crippen LogP contribution is -2.17. The number of hydrogen-bond donors (Lipinski definition) is 1. The topological polar surface area (TPSA) is 45.0 Å². The molecule has 0 amide bonds. The van der Waals surface area contributed by atoms with Gasteiger partial charge in [-0.15, -0.1) is 0 Å². The Bertz CT molecular complexity index is 688. The van der Waals surface area contributed by atoms with Gasteiger partial charge in [0, 0.05) is 5.69 Å². The van der Waals surface area contributed by atoms with Crippen LogP contribution < -0.4 is 10.1 Å². The maximum Gasteiger partial charge on any atom is 0.119 e. The van der Waals surface area contributed by atoms with Crippen molar-refractivity contribution in [3.05, 3.63) is 59.2 Å². The number of nitrogens with one attached hydrogen (secondary N) is 1. The van der Waals surface area contributed by atoms with Gasteiger partial charge in [-0.25, -0.2) is 0 Å². The zero-order chi connectivity index (χ0) is 14.7. The van der Waals surface area contributed by atoms with E-state index in [1.807, 2.05) is 30.3 Å². The fraction of sp³-hybridized carbons (Fsp3) is 0.278. The SMILES string of the molecule is COc1ccc2c(c1)C(Nc1cccc(C#N)c1)CCC2. The number of anilines is 1.